The molecule has 0 saturated carbocycles. The van der Waals surface area contributed by atoms with Crippen molar-refractivity contribution in [2.45, 2.75) is 6.54 Å². The smallest absolute Gasteiger partial charge is 0.372 e. The number of thiophene rings is 1. The van der Waals surface area contributed by atoms with Crippen LogP contribution in [-0.4, -0.2) is 25.8 Å². The summed E-state index contributed by atoms with van der Waals surface area (Å²) in [6, 6.07) is 5.38. The van der Waals surface area contributed by atoms with Crippen LogP contribution in [0.5, 0.6) is 0 Å². The van der Waals surface area contributed by atoms with E-state index in [0.717, 1.165) is 4.88 Å². The molecule has 3 rings (SSSR count). The van der Waals surface area contributed by atoms with Crippen LogP contribution in [0.15, 0.2) is 35.1 Å². The van der Waals surface area contributed by atoms with Crippen molar-refractivity contribution in [2.75, 3.05) is 0 Å². The number of aromatic nitrogens is 3. The van der Waals surface area contributed by atoms with E-state index in [1.54, 1.807) is 18.3 Å². The molecule has 0 amide bonds. The van der Waals surface area contributed by atoms with Gasteiger partial charge in [0.25, 0.3) is 0 Å². The first-order valence-corrected chi connectivity index (χ1v) is 6.78. The first-order chi connectivity index (χ1) is 9.63. The van der Waals surface area contributed by atoms with Gasteiger partial charge in [0, 0.05) is 18.5 Å². The van der Waals surface area contributed by atoms with E-state index in [1.807, 2.05) is 6.07 Å². The number of rotatable bonds is 4. The maximum Gasteiger partial charge on any atom is 0.372 e. The van der Waals surface area contributed by atoms with Crippen molar-refractivity contribution in [1.82, 2.24) is 14.7 Å². The van der Waals surface area contributed by atoms with Crippen molar-refractivity contribution < 1.29 is 14.4 Å². The van der Waals surface area contributed by atoms with Crippen LogP contribution in [0, 0.1) is 0 Å². The zero-order chi connectivity index (χ0) is 14.1. The predicted molar refractivity (Wildman–Crippen MR) is 73.1 cm³/mol. The maximum atomic E-state index is 11.0. The molecule has 0 aliphatic heterocycles. The zero-order valence-corrected chi connectivity index (χ0v) is 11.6. The summed E-state index contributed by atoms with van der Waals surface area (Å²) in [6.07, 6.45) is 3.02. The fourth-order valence-electron chi connectivity index (χ4n) is 1.76. The number of nitrogens with zero attached hydrogens (tertiary/aromatic N) is 3. The molecule has 3 aromatic heterocycles. The van der Waals surface area contributed by atoms with Gasteiger partial charge in [-0.15, -0.1) is 11.3 Å². The second-order valence-electron chi connectivity index (χ2n) is 3.97. The third-order valence-electron chi connectivity index (χ3n) is 2.61. The van der Waals surface area contributed by atoms with Crippen LogP contribution in [-0.2, 0) is 6.54 Å². The Morgan fingerprint density at radius 2 is 2.35 bits per heavy atom. The molecule has 0 bridgehead atoms. The highest BCUT2D eigenvalue weighted by molar-refractivity contribution is 7.19. The molecule has 3 aromatic rings. The molecule has 0 aliphatic carbocycles. The summed E-state index contributed by atoms with van der Waals surface area (Å²) in [7, 11) is 0. The molecule has 0 radical (unpaired) electrons. The molecule has 0 aliphatic rings. The molecular formula is C12H8ClN3O3S. The highest BCUT2D eigenvalue weighted by Crippen LogP contribution is 2.31. The number of aromatic carboxylic acids is 1. The summed E-state index contributed by atoms with van der Waals surface area (Å²) in [5, 5.41) is 12.9. The number of carboxylic acid groups (broad SMARTS) is 1. The summed E-state index contributed by atoms with van der Waals surface area (Å²) in [5.74, 6) is -0.508. The van der Waals surface area contributed by atoms with E-state index in [-0.39, 0.29) is 12.4 Å². The van der Waals surface area contributed by atoms with Crippen molar-refractivity contribution in [2.24, 2.45) is 0 Å². The summed E-state index contributed by atoms with van der Waals surface area (Å²) >= 11 is 7.26. The monoisotopic (exact) mass is 309 g/mol. The molecule has 8 heteroatoms. The van der Waals surface area contributed by atoms with Crippen molar-refractivity contribution in [3.8, 4) is 10.6 Å². The molecule has 0 aromatic carbocycles. The van der Waals surface area contributed by atoms with Gasteiger partial charge in [-0.2, -0.15) is 0 Å². The van der Waals surface area contributed by atoms with Gasteiger partial charge in [-0.25, -0.2) is 9.78 Å². The van der Waals surface area contributed by atoms with Gasteiger partial charge in [0.05, 0.1) is 15.8 Å². The Hall–Kier alpha value is -2.12. The minimum atomic E-state index is -1.08. The zero-order valence-electron chi connectivity index (χ0n) is 9.99. The lowest BCUT2D eigenvalue weighted by atomic mass is 10.3. The Morgan fingerprint density at radius 3 is 3.05 bits per heavy atom. The fraction of sp³-hybridized carbons (Fsp3) is 0.0833. The predicted octanol–water partition coefficient (Wildman–Crippen LogP) is 3.00. The third-order valence-corrected chi connectivity index (χ3v) is 3.86. The second-order valence-corrected chi connectivity index (χ2v) is 5.69. The fourth-order valence-corrected chi connectivity index (χ4v) is 2.75. The van der Waals surface area contributed by atoms with E-state index in [2.05, 4.69) is 10.1 Å². The van der Waals surface area contributed by atoms with Crippen molar-refractivity contribution >= 4 is 28.9 Å². The molecule has 0 unspecified atom stereocenters. The lowest BCUT2D eigenvalue weighted by Crippen LogP contribution is -2.10. The number of carboxylic acids is 1. The van der Waals surface area contributed by atoms with Crippen LogP contribution in [0.4, 0.5) is 0 Å². The summed E-state index contributed by atoms with van der Waals surface area (Å²) < 4.78 is 7.39. The van der Waals surface area contributed by atoms with Gasteiger partial charge in [-0.3, -0.25) is 0 Å². The Balaban J connectivity index is 1.84. The second kappa shape index (κ2) is 5.10. The van der Waals surface area contributed by atoms with Crippen LogP contribution in [0.1, 0.15) is 16.3 Å². The summed E-state index contributed by atoms with van der Waals surface area (Å²) in [4.78, 5) is 15.6. The van der Waals surface area contributed by atoms with E-state index in [4.69, 9.17) is 21.2 Å². The largest absolute Gasteiger partial charge is 0.475 e. The number of halogens is 1. The lowest BCUT2D eigenvalue weighted by Gasteiger charge is -2.00. The third kappa shape index (κ3) is 2.45. The van der Waals surface area contributed by atoms with E-state index in [9.17, 15) is 4.79 Å². The molecule has 0 saturated heterocycles. The van der Waals surface area contributed by atoms with Crippen LogP contribution in [0.3, 0.4) is 0 Å². The van der Waals surface area contributed by atoms with Crippen LogP contribution < -0.4 is 0 Å². The first kappa shape index (κ1) is 12.9. The number of hydrogen-bond donors (Lipinski definition) is 1. The molecule has 102 valence electrons. The molecule has 20 heavy (non-hydrogen) atoms. The van der Waals surface area contributed by atoms with Crippen molar-refractivity contribution in [3.05, 3.63) is 46.4 Å². The first-order valence-electron chi connectivity index (χ1n) is 5.59. The van der Waals surface area contributed by atoms with Gasteiger partial charge in [0.2, 0.25) is 5.82 Å². The normalized spacial score (nSPS) is 10.8. The van der Waals surface area contributed by atoms with E-state index >= 15 is 0 Å². The van der Waals surface area contributed by atoms with Crippen molar-refractivity contribution in [1.29, 1.82) is 0 Å². The van der Waals surface area contributed by atoms with E-state index in [1.165, 1.54) is 22.1 Å². The van der Waals surface area contributed by atoms with Gasteiger partial charge in [-0.1, -0.05) is 16.8 Å². The molecule has 6 nitrogen and oxygen atoms in total. The number of carbonyl (C=O) groups is 1. The molecule has 0 atom stereocenters. The van der Waals surface area contributed by atoms with Crippen LogP contribution in [0.25, 0.3) is 10.6 Å². The summed E-state index contributed by atoms with van der Waals surface area (Å²) in [5.41, 5.74) is 0.616. The van der Waals surface area contributed by atoms with Gasteiger partial charge in [0.15, 0.2) is 5.76 Å². The van der Waals surface area contributed by atoms with Gasteiger partial charge >= 0.3 is 5.97 Å². The minimum Gasteiger partial charge on any atom is -0.475 e. The Morgan fingerprint density at radius 1 is 1.50 bits per heavy atom. The summed E-state index contributed by atoms with van der Waals surface area (Å²) in [6.45, 7) is 0.282. The average Bonchev–Trinajstić information content (AvgIpc) is 3.09. The number of imidazole rings is 1. The highest BCUT2D eigenvalue weighted by Gasteiger charge is 2.14. The average molecular weight is 310 g/mol. The topological polar surface area (TPSA) is 81.1 Å². The quantitative estimate of drug-likeness (QED) is 0.801. The van der Waals surface area contributed by atoms with Gasteiger partial charge in [0.1, 0.15) is 5.69 Å². The van der Waals surface area contributed by atoms with Crippen LogP contribution >= 0.6 is 22.9 Å². The molecule has 3 heterocycles. The standard InChI is InChI=1S/C12H8ClN3O3S/c13-10-2-1-9(20-10)8-5-7(15-19-8)6-16-4-3-14-11(16)12(17)18/h1-5H,6H2,(H,17,18). The highest BCUT2D eigenvalue weighted by atomic mass is 35.5. The molecule has 0 fully saturated rings. The molecular weight excluding hydrogens is 302 g/mol. The van der Waals surface area contributed by atoms with Gasteiger partial charge < -0.3 is 14.2 Å². The van der Waals surface area contributed by atoms with Gasteiger partial charge in [-0.05, 0) is 12.1 Å². The van der Waals surface area contributed by atoms with E-state index in [0.29, 0.717) is 15.8 Å². The van der Waals surface area contributed by atoms with Crippen molar-refractivity contribution in [3.63, 3.8) is 0 Å². The van der Waals surface area contributed by atoms with E-state index < -0.39 is 5.97 Å². The Labute approximate surface area is 122 Å². The number of hydrogen-bond acceptors (Lipinski definition) is 5. The Kier molecular flexibility index (Phi) is 3.29. The lowest BCUT2D eigenvalue weighted by molar-refractivity contribution is 0.0678. The minimum absolute atomic E-state index is 0.0336. The molecule has 1 N–H and O–H groups in total. The Bertz CT molecular complexity index is 761. The van der Waals surface area contributed by atoms with Crippen LogP contribution in [0.2, 0.25) is 4.34 Å². The maximum absolute atomic E-state index is 11.0. The molecule has 0 spiro atoms. The SMILES string of the molecule is O=C(O)c1nccn1Cc1cc(-c2ccc(Cl)s2)on1.